The summed E-state index contributed by atoms with van der Waals surface area (Å²) in [6, 6.07) is 9.13. The van der Waals surface area contributed by atoms with Gasteiger partial charge in [-0.05, 0) is 32.4 Å². The van der Waals surface area contributed by atoms with E-state index in [9.17, 15) is 4.79 Å². The minimum absolute atomic E-state index is 0.204. The van der Waals surface area contributed by atoms with E-state index in [4.69, 9.17) is 9.47 Å². The number of carbonyl (C=O) groups excluding carboxylic acids is 1. The standard InChI is InChI=1S/C15H23NO3/c1-15(2,19-4)10-11-16-13(14(17)18-3)12-8-6-5-7-9-12/h5-9,13,16H,10-11H2,1-4H3. The van der Waals surface area contributed by atoms with Crippen LogP contribution in [0.2, 0.25) is 0 Å². The topological polar surface area (TPSA) is 47.6 Å². The highest BCUT2D eigenvalue weighted by atomic mass is 16.5. The predicted molar refractivity (Wildman–Crippen MR) is 74.9 cm³/mol. The van der Waals surface area contributed by atoms with E-state index >= 15 is 0 Å². The Bertz CT molecular complexity index is 390. The second-order valence-corrected chi connectivity index (χ2v) is 5.03. The first-order chi connectivity index (χ1) is 9.00. The van der Waals surface area contributed by atoms with Gasteiger partial charge in [-0.15, -0.1) is 0 Å². The van der Waals surface area contributed by atoms with E-state index in [0.717, 1.165) is 12.0 Å². The molecule has 4 heteroatoms. The minimum Gasteiger partial charge on any atom is -0.468 e. The number of carbonyl (C=O) groups is 1. The lowest BCUT2D eigenvalue weighted by Crippen LogP contribution is -2.34. The third-order valence-electron chi connectivity index (χ3n) is 3.20. The zero-order valence-electron chi connectivity index (χ0n) is 12.1. The van der Waals surface area contributed by atoms with Gasteiger partial charge >= 0.3 is 5.97 Å². The monoisotopic (exact) mass is 265 g/mol. The Labute approximate surface area is 115 Å². The summed E-state index contributed by atoms with van der Waals surface area (Å²) in [5, 5.41) is 3.22. The molecule has 0 aliphatic rings. The molecule has 0 aliphatic carbocycles. The Kier molecular flexibility index (Phi) is 5.99. The first kappa shape index (κ1) is 15.7. The number of rotatable bonds is 7. The summed E-state index contributed by atoms with van der Waals surface area (Å²) in [6.45, 7) is 4.71. The van der Waals surface area contributed by atoms with E-state index in [-0.39, 0.29) is 11.6 Å². The van der Waals surface area contributed by atoms with Gasteiger partial charge in [-0.3, -0.25) is 0 Å². The zero-order chi connectivity index (χ0) is 14.3. The van der Waals surface area contributed by atoms with Crippen LogP contribution in [0.1, 0.15) is 31.9 Å². The number of ether oxygens (including phenoxy) is 2. The van der Waals surface area contributed by atoms with Crippen LogP contribution in [0.4, 0.5) is 0 Å². The van der Waals surface area contributed by atoms with Crippen LogP contribution in [0.5, 0.6) is 0 Å². The molecule has 0 saturated carbocycles. The average molecular weight is 265 g/mol. The Hall–Kier alpha value is -1.39. The molecule has 106 valence electrons. The number of esters is 1. The average Bonchev–Trinajstić information content (AvgIpc) is 2.44. The molecule has 1 unspecified atom stereocenters. The fourth-order valence-corrected chi connectivity index (χ4v) is 1.72. The van der Waals surface area contributed by atoms with Gasteiger partial charge in [0.1, 0.15) is 6.04 Å². The van der Waals surface area contributed by atoms with E-state index in [2.05, 4.69) is 5.32 Å². The van der Waals surface area contributed by atoms with E-state index in [1.54, 1.807) is 7.11 Å². The van der Waals surface area contributed by atoms with E-state index < -0.39 is 6.04 Å². The first-order valence-corrected chi connectivity index (χ1v) is 6.41. The number of benzene rings is 1. The van der Waals surface area contributed by atoms with Crippen LogP contribution in [0.25, 0.3) is 0 Å². The van der Waals surface area contributed by atoms with Crippen molar-refractivity contribution in [2.45, 2.75) is 31.9 Å². The third kappa shape index (κ3) is 5.01. The van der Waals surface area contributed by atoms with Crippen LogP contribution in [0.3, 0.4) is 0 Å². The van der Waals surface area contributed by atoms with Crippen molar-refractivity contribution in [3.63, 3.8) is 0 Å². The first-order valence-electron chi connectivity index (χ1n) is 6.41. The zero-order valence-corrected chi connectivity index (χ0v) is 12.1. The maximum Gasteiger partial charge on any atom is 0.327 e. The third-order valence-corrected chi connectivity index (χ3v) is 3.20. The van der Waals surface area contributed by atoms with Gasteiger partial charge in [-0.25, -0.2) is 4.79 Å². The fourth-order valence-electron chi connectivity index (χ4n) is 1.72. The summed E-state index contributed by atoms with van der Waals surface area (Å²) >= 11 is 0. The van der Waals surface area contributed by atoms with Crippen molar-refractivity contribution in [2.24, 2.45) is 0 Å². The molecule has 1 aromatic rings. The van der Waals surface area contributed by atoms with Gasteiger partial charge in [0.25, 0.3) is 0 Å². The summed E-state index contributed by atoms with van der Waals surface area (Å²) in [5.74, 6) is -0.276. The van der Waals surface area contributed by atoms with Crippen molar-refractivity contribution >= 4 is 5.97 Å². The van der Waals surface area contributed by atoms with E-state index in [1.807, 2.05) is 44.2 Å². The molecule has 0 radical (unpaired) electrons. The molecule has 0 bridgehead atoms. The maximum absolute atomic E-state index is 11.8. The van der Waals surface area contributed by atoms with Crippen molar-refractivity contribution in [3.05, 3.63) is 35.9 Å². The number of hydrogen-bond donors (Lipinski definition) is 1. The van der Waals surface area contributed by atoms with Crippen molar-refractivity contribution in [1.29, 1.82) is 0 Å². The van der Waals surface area contributed by atoms with Crippen LogP contribution in [0, 0.1) is 0 Å². The van der Waals surface area contributed by atoms with Gasteiger partial charge in [0.05, 0.1) is 12.7 Å². The van der Waals surface area contributed by atoms with E-state index in [0.29, 0.717) is 6.54 Å². The maximum atomic E-state index is 11.8. The molecule has 19 heavy (non-hydrogen) atoms. The number of hydrogen-bond acceptors (Lipinski definition) is 4. The molecule has 0 aliphatic heterocycles. The second kappa shape index (κ2) is 7.26. The lowest BCUT2D eigenvalue weighted by Gasteiger charge is -2.24. The largest absolute Gasteiger partial charge is 0.468 e. The molecule has 0 saturated heterocycles. The normalized spacial score (nSPS) is 13.1. The molecule has 4 nitrogen and oxygen atoms in total. The molecule has 0 amide bonds. The molecular formula is C15H23NO3. The van der Waals surface area contributed by atoms with Crippen molar-refractivity contribution in [3.8, 4) is 0 Å². The van der Waals surface area contributed by atoms with Gasteiger partial charge in [-0.2, -0.15) is 0 Å². The summed E-state index contributed by atoms with van der Waals surface area (Å²) < 4.78 is 10.2. The molecule has 0 heterocycles. The van der Waals surface area contributed by atoms with Crippen LogP contribution in [0.15, 0.2) is 30.3 Å². The highest BCUT2D eigenvalue weighted by Gasteiger charge is 2.22. The van der Waals surface area contributed by atoms with Gasteiger partial charge in [0.15, 0.2) is 0 Å². The van der Waals surface area contributed by atoms with Gasteiger partial charge in [0, 0.05) is 7.11 Å². The van der Waals surface area contributed by atoms with Gasteiger partial charge < -0.3 is 14.8 Å². The summed E-state index contributed by atoms with van der Waals surface area (Å²) in [6.07, 6.45) is 0.809. The summed E-state index contributed by atoms with van der Waals surface area (Å²) in [4.78, 5) is 11.8. The molecule has 1 atom stereocenters. The van der Waals surface area contributed by atoms with Crippen molar-refractivity contribution < 1.29 is 14.3 Å². The molecule has 1 aromatic carbocycles. The molecule has 0 spiro atoms. The predicted octanol–water partition coefficient (Wildman–Crippen LogP) is 2.31. The Morgan fingerprint density at radius 3 is 2.42 bits per heavy atom. The quantitative estimate of drug-likeness (QED) is 0.769. The van der Waals surface area contributed by atoms with Crippen LogP contribution < -0.4 is 5.32 Å². The summed E-state index contributed by atoms with van der Waals surface area (Å²) in [7, 11) is 3.09. The second-order valence-electron chi connectivity index (χ2n) is 5.03. The van der Waals surface area contributed by atoms with E-state index in [1.165, 1.54) is 7.11 Å². The van der Waals surface area contributed by atoms with Crippen molar-refractivity contribution in [2.75, 3.05) is 20.8 Å². The Morgan fingerprint density at radius 2 is 1.89 bits per heavy atom. The molecule has 1 rings (SSSR count). The van der Waals surface area contributed by atoms with Gasteiger partial charge in [-0.1, -0.05) is 30.3 Å². The Balaban J connectivity index is 2.65. The number of methoxy groups -OCH3 is 2. The SMILES string of the molecule is COC(=O)C(NCCC(C)(C)OC)c1ccccc1. The fraction of sp³-hybridized carbons (Fsp3) is 0.533. The number of nitrogens with one attached hydrogen (secondary N) is 1. The Morgan fingerprint density at radius 1 is 1.26 bits per heavy atom. The lowest BCUT2D eigenvalue weighted by atomic mass is 10.0. The minimum atomic E-state index is -0.432. The van der Waals surface area contributed by atoms with Gasteiger partial charge in [0.2, 0.25) is 0 Å². The molecular weight excluding hydrogens is 242 g/mol. The highest BCUT2D eigenvalue weighted by molar-refractivity contribution is 5.77. The summed E-state index contributed by atoms with van der Waals surface area (Å²) in [5.41, 5.74) is 0.703. The van der Waals surface area contributed by atoms with Crippen molar-refractivity contribution in [1.82, 2.24) is 5.32 Å². The molecule has 0 aromatic heterocycles. The molecule has 0 fully saturated rings. The van der Waals surface area contributed by atoms with Crippen LogP contribution in [-0.4, -0.2) is 32.3 Å². The molecule has 1 N–H and O–H groups in total. The van der Waals surface area contributed by atoms with Crippen LogP contribution in [-0.2, 0) is 14.3 Å². The lowest BCUT2D eigenvalue weighted by molar-refractivity contribution is -0.143. The highest BCUT2D eigenvalue weighted by Crippen LogP contribution is 2.16. The smallest absolute Gasteiger partial charge is 0.327 e. The van der Waals surface area contributed by atoms with Crippen LogP contribution >= 0.6 is 0 Å².